The number of carbonyl (C=O) groups is 2. The lowest BCUT2D eigenvalue weighted by atomic mass is 9.87. The molecule has 1 saturated heterocycles. The Hall–Kier alpha value is -3.16. The number of hydrogen-bond acceptors (Lipinski definition) is 6. The molecule has 1 N–H and O–H groups in total. The van der Waals surface area contributed by atoms with Crippen LogP contribution in [0.2, 0.25) is 0 Å². The Bertz CT molecular complexity index is 884. The van der Waals surface area contributed by atoms with Gasteiger partial charge in [-0.2, -0.15) is 0 Å². The van der Waals surface area contributed by atoms with E-state index in [0.717, 1.165) is 5.56 Å². The molecule has 31 heavy (non-hydrogen) atoms. The van der Waals surface area contributed by atoms with E-state index in [4.69, 9.17) is 18.6 Å². The summed E-state index contributed by atoms with van der Waals surface area (Å²) in [4.78, 5) is 27.6. The summed E-state index contributed by atoms with van der Waals surface area (Å²) in [5, 5.41) is 3.01. The van der Waals surface area contributed by atoms with Crippen LogP contribution in [-0.2, 0) is 4.79 Å². The Morgan fingerprint density at radius 3 is 2.32 bits per heavy atom. The second-order valence-electron chi connectivity index (χ2n) is 8.00. The summed E-state index contributed by atoms with van der Waals surface area (Å²) < 4.78 is 21.7. The predicted octanol–water partition coefficient (Wildman–Crippen LogP) is 2.93. The van der Waals surface area contributed by atoms with Crippen LogP contribution in [0, 0.1) is 11.8 Å². The second kappa shape index (κ2) is 9.76. The molecule has 8 heteroatoms. The van der Waals surface area contributed by atoms with Crippen molar-refractivity contribution < 1.29 is 28.2 Å². The molecule has 2 amide bonds. The number of rotatable bonds is 8. The molecule has 1 aliphatic heterocycles. The second-order valence-corrected chi connectivity index (χ2v) is 8.00. The quantitative estimate of drug-likeness (QED) is 0.693. The first-order valence-corrected chi connectivity index (χ1v) is 10.3. The van der Waals surface area contributed by atoms with E-state index >= 15 is 0 Å². The van der Waals surface area contributed by atoms with Gasteiger partial charge in [-0.05, 0) is 35.7 Å². The zero-order valence-electron chi connectivity index (χ0n) is 18.6. The van der Waals surface area contributed by atoms with Crippen molar-refractivity contribution in [1.29, 1.82) is 0 Å². The monoisotopic (exact) mass is 430 g/mol. The number of likely N-dealkylation sites (tertiary alicyclic amines) is 1. The molecule has 0 spiro atoms. The molecule has 8 nitrogen and oxygen atoms in total. The number of benzene rings is 1. The smallest absolute Gasteiger partial charge is 0.289 e. The van der Waals surface area contributed by atoms with Gasteiger partial charge in [0.15, 0.2) is 17.3 Å². The van der Waals surface area contributed by atoms with Gasteiger partial charge >= 0.3 is 0 Å². The Kier molecular flexibility index (Phi) is 7.09. The van der Waals surface area contributed by atoms with Crippen molar-refractivity contribution in [3.63, 3.8) is 0 Å². The van der Waals surface area contributed by atoms with Crippen LogP contribution >= 0.6 is 0 Å². The van der Waals surface area contributed by atoms with Crippen LogP contribution < -0.4 is 19.5 Å². The molecule has 0 radical (unpaired) electrons. The van der Waals surface area contributed by atoms with Crippen molar-refractivity contribution in [3.8, 4) is 17.2 Å². The lowest BCUT2D eigenvalue weighted by Crippen LogP contribution is -2.37. The molecule has 0 unspecified atom stereocenters. The summed E-state index contributed by atoms with van der Waals surface area (Å²) in [5.74, 6) is 1.11. The van der Waals surface area contributed by atoms with Crippen LogP contribution in [-0.4, -0.2) is 57.7 Å². The standard InChI is InChI=1S/C23H30N2O6/c1-14(2)11-24-22(26)17-13-25(23(27)18-7-6-8-31-18)12-16(17)15-9-19(28-3)21(30-5)20(10-15)29-4/h6-10,14,16-17H,11-13H2,1-5H3,(H,24,26)/t16-,17-/m1/s1. The van der Waals surface area contributed by atoms with E-state index in [-0.39, 0.29) is 23.5 Å². The molecule has 0 bridgehead atoms. The number of carbonyl (C=O) groups excluding carboxylic acids is 2. The average molecular weight is 431 g/mol. The fourth-order valence-corrected chi connectivity index (χ4v) is 3.88. The third kappa shape index (κ3) is 4.78. The molecule has 1 aromatic carbocycles. The van der Waals surface area contributed by atoms with Crippen LogP contribution in [0.5, 0.6) is 17.2 Å². The van der Waals surface area contributed by atoms with Gasteiger partial charge in [0.05, 0.1) is 33.5 Å². The number of methoxy groups -OCH3 is 3. The van der Waals surface area contributed by atoms with Crippen molar-refractivity contribution in [2.45, 2.75) is 19.8 Å². The van der Waals surface area contributed by atoms with Gasteiger partial charge < -0.3 is 28.8 Å². The molecule has 1 aliphatic rings. The highest BCUT2D eigenvalue weighted by atomic mass is 16.5. The highest BCUT2D eigenvalue weighted by Gasteiger charge is 2.41. The highest BCUT2D eigenvalue weighted by molar-refractivity contribution is 5.92. The molecule has 2 heterocycles. The normalized spacial score (nSPS) is 18.2. The Morgan fingerprint density at radius 2 is 1.81 bits per heavy atom. The van der Waals surface area contributed by atoms with Crippen molar-refractivity contribution in [1.82, 2.24) is 10.2 Å². The Balaban J connectivity index is 1.96. The molecular weight excluding hydrogens is 400 g/mol. The summed E-state index contributed by atoms with van der Waals surface area (Å²) >= 11 is 0. The number of ether oxygens (including phenoxy) is 3. The third-order valence-electron chi connectivity index (χ3n) is 5.48. The largest absolute Gasteiger partial charge is 0.493 e. The van der Waals surface area contributed by atoms with Gasteiger partial charge in [-0.25, -0.2) is 0 Å². The molecule has 2 atom stereocenters. The average Bonchev–Trinajstić information content (AvgIpc) is 3.46. The van der Waals surface area contributed by atoms with E-state index in [1.165, 1.54) is 6.26 Å². The van der Waals surface area contributed by atoms with Gasteiger partial charge in [-0.3, -0.25) is 9.59 Å². The topological polar surface area (TPSA) is 90.2 Å². The number of amides is 2. The third-order valence-corrected chi connectivity index (χ3v) is 5.48. The predicted molar refractivity (Wildman–Crippen MR) is 115 cm³/mol. The molecule has 3 rings (SSSR count). The fraction of sp³-hybridized carbons (Fsp3) is 0.478. The number of nitrogens with one attached hydrogen (secondary N) is 1. The summed E-state index contributed by atoms with van der Waals surface area (Å²) in [6, 6.07) is 6.99. The minimum Gasteiger partial charge on any atom is -0.493 e. The van der Waals surface area contributed by atoms with Crippen LogP contribution in [0.25, 0.3) is 0 Å². The van der Waals surface area contributed by atoms with Crippen molar-refractivity contribution in [2.24, 2.45) is 11.8 Å². The van der Waals surface area contributed by atoms with Crippen molar-refractivity contribution in [2.75, 3.05) is 41.0 Å². The van der Waals surface area contributed by atoms with E-state index in [1.807, 2.05) is 26.0 Å². The van der Waals surface area contributed by atoms with E-state index < -0.39 is 5.92 Å². The molecule has 0 saturated carbocycles. The molecular formula is C23H30N2O6. The Morgan fingerprint density at radius 1 is 1.13 bits per heavy atom. The lowest BCUT2D eigenvalue weighted by Gasteiger charge is -2.21. The highest BCUT2D eigenvalue weighted by Crippen LogP contribution is 2.43. The first-order valence-electron chi connectivity index (χ1n) is 10.3. The van der Waals surface area contributed by atoms with Gasteiger partial charge in [-0.15, -0.1) is 0 Å². The van der Waals surface area contributed by atoms with Gasteiger partial charge in [0.1, 0.15) is 0 Å². The van der Waals surface area contributed by atoms with Crippen molar-refractivity contribution >= 4 is 11.8 Å². The van der Waals surface area contributed by atoms with E-state index in [2.05, 4.69) is 5.32 Å². The van der Waals surface area contributed by atoms with Crippen molar-refractivity contribution in [3.05, 3.63) is 41.9 Å². The maximum Gasteiger partial charge on any atom is 0.289 e. The zero-order chi connectivity index (χ0) is 22.5. The lowest BCUT2D eigenvalue weighted by molar-refractivity contribution is -0.125. The van der Waals surface area contributed by atoms with Crippen LogP contribution in [0.4, 0.5) is 0 Å². The van der Waals surface area contributed by atoms with Gasteiger partial charge in [-0.1, -0.05) is 13.8 Å². The van der Waals surface area contributed by atoms with Gasteiger partial charge in [0, 0.05) is 25.6 Å². The molecule has 0 aliphatic carbocycles. The van der Waals surface area contributed by atoms with Crippen LogP contribution in [0.15, 0.2) is 34.9 Å². The fourth-order valence-electron chi connectivity index (χ4n) is 3.88. The minimum absolute atomic E-state index is 0.0813. The van der Waals surface area contributed by atoms with E-state index in [0.29, 0.717) is 42.8 Å². The molecule has 1 aromatic heterocycles. The zero-order valence-corrected chi connectivity index (χ0v) is 18.6. The minimum atomic E-state index is -0.416. The van der Waals surface area contributed by atoms with Gasteiger partial charge in [0.25, 0.3) is 5.91 Å². The number of nitrogens with zero attached hydrogens (tertiary/aromatic N) is 1. The van der Waals surface area contributed by atoms with E-state index in [9.17, 15) is 9.59 Å². The summed E-state index contributed by atoms with van der Waals surface area (Å²) in [6.45, 7) is 5.32. The summed E-state index contributed by atoms with van der Waals surface area (Å²) in [6.07, 6.45) is 1.47. The Labute approximate surface area is 182 Å². The molecule has 1 fully saturated rings. The van der Waals surface area contributed by atoms with Gasteiger partial charge in [0.2, 0.25) is 11.7 Å². The SMILES string of the molecule is COc1cc([C@H]2CN(C(=O)c3ccco3)C[C@H]2C(=O)NCC(C)C)cc(OC)c1OC. The van der Waals surface area contributed by atoms with E-state index in [1.54, 1.807) is 38.4 Å². The summed E-state index contributed by atoms with van der Waals surface area (Å²) in [7, 11) is 4.64. The first kappa shape index (κ1) is 22.5. The number of hydrogen-bond donors (Lipinski definition) is 1. The molecule has 168 valence electrons. The van der Waals surface area contributed by atoms with Crippen LogP contribution in [0.1, 0.15) is 35.9 Å². The first-order chi connectivity index (χ1) is 14.9. The maximum atomic E-state index is 13.1. The molecule has 2 aromatic rings. The maximum absolute atomic E-state index is 13.1. The van der Waals surface area contributed by atoms with Crippen LogP contribution in [0.3, 0.4) is 0 Å². The number of furan rings is 1. The summed E-state index contributed by atoms with van der Waals surface area (Å²) in [5.41, 5.74) is 0.842.